The molecule has 0 spiro atoms. The van der Waals surface area contributed by atoms with E-state index in [4.69, 9.17) is 9.47 Å². The Morgan fingerprint density at radius 2 is 2.22 bits per heavy atom. The summed E-state index contributed by atoms with van der Waals surface area (Å²) in [6.07, 6.45) is 1.72. The van der Waals surface area contributed by atoms with E-state index >= 15 is 0 Å². The topological polar surface area (TPSA) is 67.8 Å². The van der Waals surface area contributed by atoms with Crippen LogP contribution in [0.3, 0.4) is 0 Å². The van der Waals surface area contributed by atoms with Gasteiger partial charge in [-0.3, -0.25) is 4.99 Å². The third kappa shape index (κ3) is 5.01. The number of guanidine groups is 1. The summed E-state index contributed by atoms with van der Waals surface area (Å²) in [7, 11) is 5.00. The molecule has 0 radical (unpaired) electrons. The molecule has 0 aromatic carbocycles. The van der Waals surface area contributed by atoms with Crippen LogP contribution in [0.5, 0.6) is 5.88 Å². The number of nitrogens with one attached hydrogen (secondary N) is 2. The number of methoxy groups -OCH3 is 2. The van der Waals surface area contributed by atoms with Gasteiger partial charge in [0.2, 0.25) is 5.88 Å². The maximum Gasteiger partial charge on any atom is 0.213 e. The van der Waals surface area contributed by atoms with Gasteiger partial charge in [-0.15, -0.1) is 0 Å². The van der Waals surface area contributed by atoms with Crippen molar-refractivity contribution < 1.29 is 9.47 Å². The maximum absolute atomic E-state index is 5.07. The van der Waals surface area contributed by atoms with Crippen LogP contribution in [0.15, 0.2) is 23.3 Å². The summed E-state index contributed by atoms with van der Waals surface area (Å²) in [5.74, 6) is 1.35. The van der Waals surface area contributed by atoms with Crippen LogP contribution in [-0.4, -0.2) is 45.4 Å². The zero-order chi connectivity index (χ0) is 13.2. The first kappa shape index (κ1) is 14.2. The Morgan fingerprint density at radius 1 is 1.39 bits per heavy atom. The van der Waals surface area contributed by atoms with Crippen LogP contribution >= 0.6 is 0 Å². The second kappa shape index (κ2) is 8.30. The molecule has 0 aliphatic heterocycles. The largest absolute Gasteiger partial charge is 0.481 e. The summed E-state index contributed by atoms with van der Waals surface area (Å²) in [6, 6.07) is 3.81. The number of hydrogen-bond donors (Lipinski definition) is 2. The fourth-order valence-electron chi connectivity index (χ4n) is 1.35. The summed E-state index contributed by atoms with van der Waals surface area (Å²) in [5, 5.41) is 6.33. The van der Waals surface area contributed by atoms with E-state index in [1.165, 1.54) is 0 Å². The van der Waals surface area contributed by atoms with Crippen molar-refractivity contribution in [3.63, 3.8) is 0 Å². The van der Waals surface area contributed by atoms with Crippen LogP contribution in [0.1, 0.15) is 5.56 Å². The Bertz CT molecular complexity index is 382. The van der Waals surface area contributed by atoms with Crippen LogP contribution in [-0.2, 0) is 11.3 Å². The van der Waals surface area contributed by atoms with E-state index in [0.29, 0.717) is 19.0 Å². The van der Waals surface area contributed by atoms with Crippen molar-refractivity contribution in [3.05, 3.63) is 23.9 Å². The van der Waals surface area contributed by atoms with E-state index in [-0.39, 0.29) is 0 Å². The van der Waals surface area contributed by atoms with Gasteiger partial charge in [0.15, 0.2) is 5.96 Å². The molecule has 6 heteroatoms. The number of nitrogens with zero attached hydrogens (tertiary/aromatic N) is 2. The van der Waals surface area contributed by atoms with Gasteiger partial charge >= 0.3 is 0 Å². The molecule has 0 bridgehead atoms. The molecule has 0 fully saturated rings. The molecule has 18 heavy (non-hydrogen) atoms. The second-order valence-corrected chi connectivity index (χ2v) is 3.55. The molecule has 1 rings (SSSR count). The molecule has 0 saturated carbocycles. The monoisotopic (exact) mass is 252 g/mol. The minimum atomic E-state index is 0.608. The molecule has 100 valence electrons. The minimum absolute atomic E-state index is 0.608. The predicted molar refractivity (Wildman–Crippen MR) is 70.9 cm³/mol. The van der Waals surface area contributed by atoms with Gasteiger partial charge in [0.25, 0.3) is 0 Å². The predicted octanol–water partition coefficient (Wildman–Crippen LogP) is 0.402. The minimum Gasteiger partial charge on any atom is -0.481 e. The number of aliphatic imine (C=N–C) groups is 1. The van der Waals surface area contributed by atoms with Crippen molar-refractivity contribution in [2.45, 2.75) is 6.54 Å². The highest BCUT2D eigenvalue weighted by atomic mass is 16.5. The van der Waals surface area contributed by atoms with Gasteiger partial charge in [-0.2, -0.15) is 0 Å². The lowest BCUT2D eigenvalue weighted by Crippen LogP contribution is -2.38. The molecule has 6 nitrogen and oxygen atoms in total. The highest BCUT2D eigenvalue weighted by Gasteiger charge is 1.99. The summed E-state index contributed by atoms with van der Waals surface area (Å²) < 4.78 is 10.0. The molecule has 1 aromatic rings. The van der Waals surface area contributed by atoms with E-state index in [1.54, 1.807) is 27.5 Å². The summed E-state index contributed by atoms with van der Waals surface area (Å²) in [6.45, 7) is 2.02. The highest BCUT2D eigenvalue weighted by molar-refractivity contribution is 5.79. The quantitative estimate of drug-likeness (QED) is 0.436. The van der Waals surface area contributed by atoms with Crippen molar-refractivity contribution >= 4 is 5.96 Å². The molecule has 0 aliphatic rings. The van der Waals surface area contributed by atoms with E-state index < -0.39 is 0 Å². The summed E-state index contributed by atoms with van der Waals surface area (Å²) in [4.78, 5) is 8.16. The van der Waals surface area contributed by atoms with Crippen LogP contribution in [0.4, 0.5) is 0 Å². The maximum atomic E-state index is 5.07. The van der Waals surface area contributed by atoms with E-state index in [9.17, 15) is 0 Å². The fraction of sp³-hybridized carbons (Fsp3) is 0.500. The average Bonchev–Trinajstić information content (AvgIpc) is 2.43. The van der Waals surface area contributed by atoms with Crippen molar-refractivity contribution in [2.24, 2.45) is 4.99 Å². The first-order valence-corrected chi connectivity index (χ1v) is 5.72. The average molecular weight is 252 g/mol. The number of hydrogen-bond acceptors (Lipinski definition) is 4. The number of rotatable bonds is 6. The lowest BCUT2D eigenvalue weighted by molar-refractivity contribution is 0.203. The number of aromatic nitrogens is 1. The Kier molecular flexibility index (Phi) is 6.56. The standard InChI is InChI=1S/C12H20N4O2/c1-13-12(15-6-7-17-2)16-9-10-4-5-14-11(8-10)18-3/h4-5,8H,6-7,9H2,1-3H3,(H2,13,15,16). The Morgan fingerprint density at radius 3 is 2.89 bits per heavy atom. The highest BCUT2D eigenvalue weighted by Crippen LogP contribution is 2.07. The molecule has 0 saturated heterocycles. The van der Waals surface area contributed by atoms with Crippen molar-refractivity contribution in [2.75, 3.05) is 34.4 Å². The van der Waals surface area contributed by atoms with Gasteiger partial charge in [0.1, 0.15) is 0 Å². The zero-order valence-corrected chi connectivity index (χ0v) is 11.1. The zero-order valence-electron chi connectivity index (χ0n) is 11.1. The van der Waals surface area contributed by atoms with Crippen LogP contribution in [0.2, 0.25) is 0 Å². The first-order chi connectivity index (χ1) is 8.80. The van der Waals surface area contributed by atoms with Crippen molar-refractivity contribution in [1.29, 1.82) is 0 Å². The summed E-state index contributed by atoms with van der Waals surface area (Å²) >= 11 is 0. The van der Waals surface area contributed by atoms with Crippen molar-refractivity contribution in [1.82, 2.24) is 15.6 Å². The van der Waals surface area contributed by atoms with Crippen LogP contribution in [0.25, 0.3) is 0 Å². The SMILES string of the molecule is CN=C(NCCOC)NCc1ccnc(OC)c1. The second-order valence-electron chi connectivity index (χ2n) is 3.55. The smallest absolute Gasteiger partial charge is 0.213 e. The molecular weight excluding hydrogens is 232 g/mol. The molecule has 1 heterocycles. The van der Waals surface area contributed by atoms with E-state index in [1.807, 2.05) is 12.1 Å². The fourth-order valence-corrected chi connectivity index (χ4v) is 1.35. The Labute approximate surface area is 107 Å². The van der Waals surface area contributed by atoms with Crippen LogP contribution < -0.4 is 15.4 Å². The third-order valence-corrected chi connectivity index (χ3v) is 2.29. The van der Waals surface area contributed by atoms with Crippen LogP contribution in [0, 0.1) is 0 Å². The van der Waals surface area contributed by atoms with Gasteiger partial charge in [-0.25, -0.2) is 4.98 Å². The first-order valence-electron chi connectivity index (χ1n) is 5.72. The van der Waals surface area contributed by atoms with E-state index in [2.05, 4.69) is 20.6 Å². The van der Waals surface area contributed by atoms with Gasteiger partial charge < -0.3 is 20.1 Å². The normalized spacial score (nSPS) is 11.2. The number of pyridine rings is 1. The molecule has 0 unspecified atom stereocenters. The molecule has 2 N–H and O–H groups in total. The molecular formula is C12H20N4O2. The lowest BCUT2D eigenvalue weighted by Gasteiger charge is -2.11. The molecule has 0 atom stereocenters. The van der Waals surface area contributed by atoms with Gasteiger partial charge in [-0.05, 0) is 11.6 Å². The van der Waals surface area contributed by atoms with Gasteiger partial charge in [-0.1, -0.05) is 0 Å². The van der Waals surface area contributed by atoms with Gasteiger partial charge in [0, 0.05) is 39.5 Å². The molecule has 1 aromatic heterocycles. The number of ether oxygens (including phenoxy) is 2. The third-order valence-electron chi connectivity index (χ3n) is 2.29. The van der Waals surface area contributed by atoms with Gasteiger partial charge in [0.05, 0.1) is 13.7 Å². The summed E-state index contributed by atoms with van der Waals surface area (Å²) in [5.41, 5.74) is 1.08. The Balaban J connectivity index is 2.42. The molecule has 0 aliphatic carbocycles. The lowest BCUT2D eigenvalue weighted by atomic mass is 10.2. The molecule has 0 amide bonds. The van der Waals surface area contributed by atoms with E-state index in [0.717, 1.165) is 18.1 Å². The van der Waals surface area contributed by atoms with Crippen molar-refractivity contribution in [3.8, 4) is 5.88 Å². The Hall–Kier alpha value is -1.82.